The van der Waals surface area contributed by atoms with E-state index in [1.807, 2.05) is 13.8 Å². The van der Waals surface area contributed by atoms with E-state index in [2.05, 4.69) is 34.5 Å². The molecular weight excluding hydrogens is 467 g/mol. The van der Waals surface area contributed by atoms with Crippen LogP contribution < -0.4 is 16.0 Å². The highest BCUT2D eigenvalue weighted by atomic mass is 35.5. The van der Waals surface area contributed by atoms with E-state index in [0.29, 0.717) is 31.5 Å². The van der Waals surface area contributed by atoms with Gasteiger partial charge in [-0.15, -0.1) is 0 Å². The van der Waals surface area contributed by atoms with Crippen LogP contribution in [0.1, 0.15) is 36.2 Å². The first kappa shape index (κ1) is 25.5. The molecule has 0 spiro atoms. The van der Waals surface area contributed by atoms with Crippen molar-refractivity contribution in [3.63, 3.8) is 0 Å². The minimum absolute atomic E-state index is 0.0268. The van der Waals surface area contributed by atoms with Crippen molar-refractivity contribution >= 4 is 29.1 Å². The van der Waals surface area contributed by atoms with Crippen LogP contribution in [0.5, 0.6) is 0 Å². The number of benzene rings is 2. The molecule has 2 aromatic rings. The number of nitrogens with two attached hydrogens (primary N) is 1. The Kier molecular flexibility index (Phi) is 7.97. The van der Waals surface area contributed by atoms with Crippen molar-refractivity contribution in [1.29, 1.82) is 0 Å². The Morgan fingerprint density at radius 1 is 1.11 bits per heavy atom. The second kappa shape index (κ2) is 11.0. The number of hydrogen-bond acceptors (Lipinski definition) is 4. The van der Waals surface area contributed by atoms with Gasteiger partial charge in [0.15, 0.2) is 0 Å². The number of rotatable bonds is 8. The molecule has 2 amide bonds. The van der Waals surface area contributed by atoms with Crippen LogP contribution in [0.15, 0.2) is 42.5 Å². The highest BCUT2D eigenvalue weighted by Crippen LogP contribution is 2.35. The Morgan fingerprint density at radius 2 is 1.80 bits per heavy atom. The maximum atomic E-state index is 14.2. The molecule has 2 aliphatic rings. The van der Waals surface area contributed by atoms with E-state index < -0.39 is 11.9 Å². The number of hydrogen-bond donors (Lipinski definition) is 2. The van der Waals surface area contributed by atoms with Gasteiger partial charge in [0.1, 0.15) is 5.82 Å². The molecule has 4 rings (SSSR count). The van der Waals surface area contributed by atoms with Crippen molar-refractivity contribution in [3.05, 3.63) is 64.4 Å². The first-order chi connectivity index (χ1) is 16.7. The average molecular weight is 501 g/mol. The Balaban J connectivity index is 1.28. The number of carbonyl (C=O) groups excluding carboxylic acids is 2. The van der Waals surface area contributed by atoms with Gasteiger partial charge in [0.25, 0.3) is 5.91 Å². The van der Waals surface area contributed by atoms with E-state index in [-0.39, 0.29) is 28.3 Å². The minimum atomic E-state index is -0.569. The third-order valence-corrected chi connectivity index (χ3v) is 7.50. The first-order valence-electron chi connectivity index (χ1n) is 12.3. The Hall–Kier alpha value is -2.64. The van der Waals surface area contributed by atoms with Crippen LogP contribution >= 0.6 is 11.6 Å². The van der Waals surface area contributed by atoms with Gasteiger partial charge in [0.05, 0.1) is 16.6 Å². The molecule has 2 aliphatic heterocycles. The SMILES string of the molecule is CC(C)[C@H](N)C(=O)NCCCc1cccc(N2CC3CN(C(=O)c4c(F)cccc4Cl)CC3C2)c1. The molecule has 8 heteroatoms. The fourth-order valence-electron chi connectivity index (χ4n) is 5.06. The summed E-state index contributed by atoms with van der Waals surface area (Å²) < 4.78 is 14.2. The maximum Gasteiger partial charge on any atom is 0.258 e. The summed E-state index contributed by atoms with van der Waals surface area (Å²) >= 11 is 6.11. The van der Waals surface area contributed by atoms with Crippen LogP contribution in [0, 0.1) is 23.6 Å². The van der Waals surface area contributed by atoms with Crippen molar-refractivity contribution in [2.24, 2.45) is 23.5 Å². The zero-order valence-corrected chi connectivity index (χ0v) is 21.1. The molecule has 2 saturated heterocycles. The van der Waals surface area contributed by atoms with Crippen molar-refractivity contribution in [3.8, 4) is 0 Å². The van der Waals surface area contributed by atoms with Gasteiger partial charge in [0, 0.05) is 50.2 Å². The van der Waals surface area contributed by atoms with Crippen LogP contribution in [-0.2, 0) is 11.2 Å². The third kappa shape index (κ3) is 5.78. The van der Waals surface area contributed by atoms with Gasteiger partial charge in [-0.05, 0) is 48.6 Å². The number of nitrogens with zero attached hydrogens (tertiary/aromatic N) is 2. The molecule has 0 aromatic heterocycles. The normalized spacial score (nSPS) is 20.3. The predicted octanol–water partition coefficient (Wildman–Crippen LogP) is 3.72. The summed E-state index contributed by atoms with van der Waals surface area (Å²) in [6.07, 6.45) is 1.72. The smallest absolute Gasteiger partial charge is 0.258 e. The number of nitrogens with one attached hydrogen (secondary N) is 1. The lowest BCUT2D eigenvalue weighted by atomic mass is 10.0. The molecule has 2 aromatic carbocycles. The molecular formula is C27H34ClFN4O2. The molecule has 0 bridgehead atoms. The largest absolute Gasteiger partial charge is 0.371 e. The van der Waals surface area contributed by atoms with E-state index in [9.17, 15) is 14.0 Å². The lowest BCUT2D eigenvalue weighted by Crippen LogP contribution is -2.44. The van der Waals surface area contributed by atoms with E-state index in [1.165, 1.54) is 23.4 Å². The van der Waals surface area contributed by atoms with Gasteiger partial charge in [-0.1, -0.05) is 43.6 Å². The highest BCUT2D eigenvalue weighted by Gasteiger charge is 2.42. The molecule has 0 saturated carbocycles. The lowest BCUT2D eigenvalue weighted by Gasteiger charge is -2.24. The monoisotopic (exact) mass is 500 g/mol. The number of likely N-dealkylation sites (tertiary alicyclic amines) is 1. The van der Waals surface area contributed by atoms with Crippen molar-refractivity contribution in [1.82, 2.24) is 10.2 Å². The van der Waals surface area contributed by atoms with Crippen molar-refractivity contribution < 1.29 is 14.0 Å². The van der Waals surface area contributed by atoms with Gasteiger partial charge >= 0.3 is 0 Å². The van der Waals surface area contributed by atoms with Gasteiger partial charge in [-0.3, -0.25) is 9.59 Å². The summed E-state index contributed by atoms with van der Waals surface area (Å²) in [5.74, 6) is -0.156. The number of fused-ring (bicyclic) bond motifs is 1. The van der Waals surface area contributed by atoms with Crippen LogP contribution in [0.2, 0.25) is 5.02 Å². The summed E-state index contributed by atoms with van der Waals surface area (Å²) in [6.45, 7) is 7.45. The number of carbonyl (C=O) groups is 2. The van der Waals surface area contributed by atoms with Crippen LogP contribution in [0.3, 0.4) is 0 Å². The lowest BCUT2D eigenvalue weighted by molar-refractivity contribution is -0.123. The molecule has 0 aliphatic carbocycles. The summed E-state index contributed by atoms with van der Waals surface area (Å²) in [5, 5.41) is 3.08. The van der Waals surface area contributed by atoms with Gasteiger partial charge in [-0.25, -0.2) is 4.39 Å². The highest BCUT2D eigenvalue weighted by molar-refractivity contribution is 6.33. The number of amides is 2. The number of halogens is 2. The van der Waals surface area contributed by atoms with Crippen molar-refractivity contribution in [2.45, 2.75) is 32.7 Å². The summed E-state index contributed by atoms with van der Waals surface area (Å²) in [6, 6.07) is 12.4. The van der Waals surface area contributed by atoms with Crippen LogP contribution in [0.4, 0.5) is 10.1 Å². The molecule has 6 nitrogen and oxygen atoms in total. The van der Waals surface area contributed by atoms with E-state index in [4.69, 9.17) is 17.3 Å². The molecule has 2 fully saturated rings. The quantitative estimate of drug-likeness (QED) is 0.541. The third-order valence-electron chi connectivity index (χ3n) is 7.19. The summed E-state index contributed by atoms with van der Waals surface area (Å²) in [5.41, 5.74) is 8.27. The van der Waals surface area contributed by atoms with Crippen LogP contribution in [0.25, 0.3) is 0 Å². The average Bonchev–Trinajstić information content (AvgIpc) is 3.41. The zero-order valence-electron chi connectivity index (χ0n) is 20.3. The zero-order chi connectivity index (χ0) is 25.1. The van der Waals surface area contributed by atoms with E-state index >= 15 is 0 Å². The minimum Gasteiger partial charge on any atom is -0.371 e. The van der Waals surface area contributed by atoms with E-state index in [1.54, 1.807) is 11.0 Å². The molecule has 2 unspecified atom stereocenters. The standard InChI is InChI=1S/C27H34ClFN4O2/c1-17(2)25(30)26(34)31-11-5-7-18-6-3-8-21(12-18)32-13-19-15-33(16-20(19)14-32)27(35)24-22(28)9-4-10-23(24)29/h3-4,6,8-10,12,17,19-20,25H,5,7,11,13-16,30H2,1-2H3,(H,31,34)/t19?,20?,25-/m0/s1. The first-order valence-corrected chi connectivity index (χ1v) is 12.7. The van der Waals surface area contributed by atoms with Gasteiger partial charge < -0.3 is 20.9 Å². The fraction of sp³-hybridized carbons (Fsp3) is 0.481. The fourth-order valence-corrected chi connectivity index (χ4v) is 5.31. The summed E-state index contributed by atoms with van der Waals surface area (Å²) in [4.78, 5) is 29.0. The predicted molar refractivity (Wildman–Crippen MR) is 137 cm³/mol. The molecule has 188 valence electrons. The molecule has 0 radical (unpaired) electrons. The maximum absolute atomic E-state index is 14.2. The Bertz CT molecular complexity index is 1040. The van der Waals surface area contributed by atoms with E-state index in [0.717, 1.165) is 25.9 Å². The van der Waals surface area contributed by atoms with Crippen LogP contribution in [-0.4, -0.2) is 55.5 Å². The number of aryl methyl sites for hydroxylation is 1. The molecule has 3 atom stereocenters. The van der Waals surface area contributed by atoms with Crippen molar-refractivity contribution in [2.75, 3.05) is 37.6 Å². The molecule has 35 heavy (non-hydrogen) atoms. The second-order valence-electron chi connectivity index (χ2n) is 10.1. The molecule has 3 N–H and O–H groups in total. The summed E-state index contributed by atoms with van der Waals surface area (Å²) in [7, 11) is 0. The Labute approximate surface area is 211 Å². The van der Waals surface area contributed by atoms with Gasteiger partial charge in [0.2, 0.25) is 5.91 Å². The second-order valence-corrected chi connectivity index (χ2v) is 10.5. The topological polar surface area (TPSA) is 78.7 Å². The number of anilines is 1. The molecule has 2 heterocycles. The Morgan fingerprint density at radius 3 is 2.46 bits per heavy atom. The van der Waals surface area contributed by atoms with Gasteiger partial charge in [-0.2, -0.15) is 0 Å².